The molecule has 0 atom stereocenters. The number of hydrazone groups is 1. The smallest absolute Gasteiger partial charge is 0.269 e. The molecule has 0 fully saturated rings. The molecule has 4 rings (SSSR count). The average molecular weight is 517 g/mol. The van der Waals surface area contributed by atoms with E-state index in [0.29, 0.717) is 22.3 Å². The van der Waals surface area contributed by atoms with Crippen molar-refractivity contribution < 1.29 is 14.5 Å². The minimum Gasteiger partial charge on any atom is -0.497 e. The number of nitrogens with zero attached hydrogens (tertiary/aromatic N) is 5. The van der Waals surface area contributed by atoms with Crippen molar-refractivity contribution in [2.75, 3.05) is 12.9 Å². The fourth-order valence-corrected chi connectivity index (χ4v) is 4.16. The van der Waals surface area contributed by atoms with Crippen molar-refractivity contribution in [1.82, 2.24) is 20.2 Å². The van der Waals surface area contributed by atoms with Crippen LogP contribution in [0.4, 0.5) is 5.69 Å². The molecule has 1 amide bonds. The average Bonchev–Trinajstić information content (AvgIpc) is 3.35. The third-order valence-corrected chi connectivity index (χ3v) is 6.38. The van der Waals surface area contributed by atoms with E-state index >= 15 is 0 Å². The van der Waals surface area contributed by atoms with Gasteiger partial charge in [0.1, 0.15) is 5.75 Å². The number of nitrogens with one attached hydrogen (secondary N) is 1. The van der Waals surface area contributed by atoms with Gasteiger partial charge in [0.25, 0.3) is 11.6 Å². The van der Waals surface area contributed by atoms with Gasteiger partial charge in [0.2, 0.25) is 0 Å². The number of aromatic nitrogens is 3. The molecule has 0 aliphatic carbocycles. The van der Waals surface area contributed by atoms with E-state index < -0.39 is 4.92 Å². The van der Waals surface area contributed by atoms with Gasteiger partial charge >= 0.3 is 0 Å². The van der Waals surface area contributed by atoms with Gasteiger partial charge in [-0.05, 0) is 55.8 Å². The molecule has 0 aliphatic heterocycles. The molecule has 0 spiro atoms. The molecule has 0 radical (unpaired) electrons. The Labute approximate surface area is 217 Å². The Bertz CT molecular complexity index is 1430. The molecule has 11 heteroatoms. The summed E-state index contributed by atoms with van der Waals surface area (Å²) in [4.78, 5) is 22.9. The Morgan fingerprint density at radius 1 is 1.05 bits per heavy atom. The molecule has 0 saturated heterocycles. The highest BCUT2D eigenvalue weighted by atomic mass is 32.2. The van der Waals surface area contributed by atoms with E-state index in [1.54, 1.807) is 26.2 Å². The molecule has 4 aromatic rings. The normalized spacial score (nSPS) is 11.3. The van der Waals surface area contributed by atoms with Crippen molar-refractivity contribution in [3.8, 4) is 22.8 Å². The number of rotatable bonds is 9. The van der Waals surface area contributed by atoms with Crippen molar-refractivity contribution in [2.24, 2.45) is 5.10 Å². The summed E-state index contributed by atoms with van der Waals surface area (Å²) in [6, 6.07) is 21.4. The fraction of sp³-hybridized carbons (Fsp3) is 0.154. The molecule has 1 N–H and O–H groups in total. The van der Waals surface area contributed by atoms with Crippen molar-refractivity contribution >= 4 is 29.1 Å². The summed E-state index contributed by atoms with van der Waals surface area (Å²) in [6.45, 7) is 3.73. The van der Waals surface area contributed by atoms with Crippen molar-refractivity contribution in [2.45, 2.75) is 19.0 Å². The molecule has 0 aliphatic rings. The summed E-state index contributed by atoms with van der Waals surface area (Å²) >= 11 is 1.23. The van der Waals surface area contributed by atoms with Crippen molar-refractivity contribution in [3.05, 3.63) is 94.0 Å². The predicted molar refractivity (Wildman–Crippen MR) is 142 cm³/mol. The van der Waals surface area contributed by atoms with Crippen LogP contribution < -0.4 is 10.2 Å². The number of methoxy groups -OCH3 is 1. The highest BCUT2D eigenvalue weighted by molar-refractivity contribution is 7.99. The number of hydrogen-bond donors (Lipinski definition) is 1. The number of amides is 1. The lowest BCUT2D eigenvalue weighted by molar-refractivity contribution is -0.384. The quantitative estimate of drug-likeness (QED) is 0.147. The third-order valence-electron chi connectivity index (χ3n) is 5.45. The zero-order chi connectivity index (χ0) is 26.4. The van der Waals surface area contributed by atoms with Gasteiger partial charge in [-0.15, -0.1) is 10.2 Å². The second-order valence-electron chi connectivity index (χ2n) is 8.03. The first-order chi connectivity index (χ1) is 17.9. The topological polar surface area (TPSA) is 125 Å². The first-order valence-electron chi connectivity index (χ1n) is 11.2. The monoisotopic (exact) mass is 516 g/mol. The van der Waals surface area contributed by atoms with Crippen LogP contribution in [0, 0.1) is 17.0 Å². The Balaban J connectivity index is 1.51. The Morgan fingerprint density at radius 3 is 2.35 bits per heavy atom. The number of nitro groups is 1. The molecule has 1 aromatic heterocycles. The predicted octanol–water partition coefficient (Wildman–Crippen LogP) is 4.79. The molecule has 0 unspecified atom stereocenters. The van der Waals surface area contributed by atoms with E-state index in [2.05, 4.69) is 20.7 Å². The van der Waals surface area contributed by atoms with E-state index in [9.17, 15) is 14.9 Å². The third kappa shape index (κ3) is 6.19. The maximum absolute atomic E-state index is 12.5. The van der Waals surface area contributed by atoms with Crippen LogP contribution in [0.1, 0.15) is 18.1 Å². The number of ether oxygens (including phenoxy) is 1. The number of non-ortho nitro benzene ring substituents is 1. The minimum absolute atomic E-state index is 0.0111. The zero-order valence-electron chi connectivity index (χ0n) is 20.4. The number of nitro benzene ring substituents is 1. The Hall–Kier alpha value is -4.51. The number of aryl methyl sites for hydroxylation is 1. The highest BCUT2D eigenvalue weighted by Gasteiger charge is 2.17. The summed E-state index contributed by atoms with van der Waals surface area (Å²) in [5, 5.41) is 24.2. The van der Waals surface area contributed by atoms with Gasteiger partial charge in [-0.25, -0.2) is 5.43 Å². The maximum Gasteiger partial charge on any atom is 0.269 e. The van der Waals surface area contributed by atoms with Crippen LogP contribution in [0.15, 0.2) is 83.1 Å². The van der Waals surface area contributed by atoms with Crippen molar-refractivity contribution in [3.63, 3.8) is 0 Å². The van der Waals surface area contributed by atoms with E-state index in [4.69, 9.17) is 4.74 Å². The second kappa shape index (κ2) is 11.5. The van der Waals surface area contributed by atoms with E-state index in [1.165, 1.54) is 23.9 Å². The SMILES string of the molecule is COc1ccc(-n2c(SCC(=O)N/N=C(/C)c3ccc([N+](=O)[O-])cc3)nnc2-c2ccc(C)cc2)cc1. The first kappa shape index (κ1) is 25.6. The highest BCUT2D eigenvalue weighted by Crippen LogP contribution is 2.29. The molecule has 188 valence electrons. The lowest BCUT2D eigenvalue weighted by Crippen LogP contribution is -2.21. The summed E-state index contributed by atoms with van der Waals surface area (Å²) in [5.41, 5.74) is 6.57. The maximum atomic E-state index is 12.5. The molecule has 37 heavy (non-hydrogen) atoms. The Kier molecular flexibility index (Phi) is 7.94. The molecule has 10 nitrogen and oxygen atoms in total. The lowest BCUT2D eigenvalue weighted by atomic mass is 10.1. The largest absolute Gasteiger partial charge is 0.497 e. The molecule has 1 heterocycles. The van der Waals surface area contributed by atoms with Gasteiger partial charge in [0.15, 0.2) is 11.0 Å². The van der Waals surface area contributed by atoms with E-state index in [0.717, 1.165) is 22.6 Å². The summed E-state index contributed by atoms with van der Waals surface area (Å²) < 4.78 is 7.17. The molecule has 0 saturated carbocycles. The van der Waals surface area contributed by atoms with Crippen LogP contribution in [0.25, 0.3) is 17.1 Å². The first-order valence-corrected chi connectivity index (χ1v) is 12.2. The summed E-state index contributed by atoms with van der Waals surface area (Å²) in [7, 11) is 1.61. The van der Waals surface area contributed by atoms with Crippen LogP contribution in [0.2, 0.25) is 0 Å². The zero-order valence-corrected chi connectivity index (χ0v) is 21.2. The van der Waals surface area contributed by atoms with E-state index in [1.807, 2.05) is 60.0 Å². The number of carbonyl (C=O) groups is 1. The lowest BCUT2D eigenvalue weighted by Gasteiger charge is -2.11. The molecular formula is C26H24N6O4S. The number of thioether (sulfide) groups is 1. The summed E-state index contributed by atoms with van der Waals surface area (Å²) in [5.74, 6) is 1.11. The van der Waals surface area contributed by atoms with Gasteiger partial charge in [0.05, 0.1) is 23.5 Å². The second-order valence-corrected chi connectivity index (χ2v) is 8.97. The molecule has 3 aromatic carbocycles. The van der Waals surface area contributed by atoms with Crippen LogP contribution in [-0.4, -0.2) is 44.2 Å². The number of benzene rings is 3. The van der Waals surface area contributed by atoms with Gasteiger partial charge in [-0.1, -0.05) is 41.6 Å². The number of carbonyl (C=O) groups excluding carboxylic acids is 1. The van der Waals surface area contributed by atoms with Gasteiger partial charge < -0.3 is 4.74 Å². The van der Waals surface area contributed by atoms with Gasteiger partial charge in [0, 0.05) is 23.4 Å². The Morgan fingerprint density at radius 2 is 1.73 bits per heavy atom. The summed E-state index contributed by atoms with van der Waals surface area (Å²) in [6.07, 6.45) is 0. The van der Waals surface area contributed by atoms with E-state index in [-0.39, 0.29) is 17.3 Å². The van der Waals surface area contributed by atoms with Crippen molar-refractivity contribution in [1.29, 1.82) is 0 Å². The minimum atomic E-state index is -0.468. The fourth-order valence-electron chi connectivity index (χ4n) is 3.41. The van der Waals surface area contributed by atoms with Crippen LogP contribution in [0.3, 0.4) is 0 Å². The van der Waals surface area contributed by atoms with Crippen LogP contribution in [-0.2, 0) is 4.79 Å². The van der Waals surface area contributed by atoms with Crippen LogP contribution in [0.5, 0.6) is 5.75 Å². The molecular weight excluding hydrogens is 492 g/mol. The molecule has 0 bridgehead atoms. The van der Waals surface area contributed by atoms with Gasteiger partial charge in [-0.2, -0.15) is 5.10 Å². The van der Waals surface area contributed by atoms with Crippen LogP contribution >= 0.6 is 11.8 Å². The number of hydrogen-bond acceptors (Lipinski definition) is 8. The standard InChI is InChI=1S/C26H24N6O4S/c1-17-4-6-20(7-5-17)25-29-30-26(31(25)21-12-14-23(36-3)15-13-21)37-16-24(33)28-27-18(2)19-8-10-22(11-9-19)32(34)35/h4-15H,16H2,1-3H3,(H,28,33)/b27-18-. The van der Waals surface area contributed by atoms with Gasteiger partial charge in [-0.3, -0.25) is 19.5 Å².